The molecule has 0 spiro atoms. The lowest BCUT2D eigenvalue weighted by Gasteiger charge is -2.15. The molecular weight excluding hydrogens is 517 g/mol. The van der Waals surface area contributed by atoms with Crippen LogP contribution in [0.5, 0.6) is 5.88 Å². The Morgan fingerprint density at radius 3 is 2.62 bits per heavy atom. The van der Waals surface area contributed by atoms with E-state index in [1.807, 2.05) is 0 Å². The van der Waals surface area contributed by atoms with E-state index >= 15 is 0 Å². The van der Waals surface area contributed by atoms with Crippen molar-refractivity contribution in [3.8, 4) is 5.88 Å². The summed E-state index contributed by atoms with van der Waals surface area (Å²) < 4.78 is 27.7. The second kappa shape index (κ2) is 10.9. The van der Waals surface area contributed by atoms with Crippen molar-refractivity contribution < 1.29 is 13.9 Å². The molecule has 1 N–H and O–H groups in total. The normalized spacial score (nSPS) is 12.6. The number of rotatable bonds is 10. The number of imidazole rings is 1. The smallest absolute Gasteiger partial charge is 0.332 e. The number of halogens is 2. The van der Waals surface area contributed by atoms with E-state index in [0.29, 0.717) is 40.1 Å². The summed E-state index contributed by atoms with van der Waals surface area (Å²) in [5, 5.41) is 3.46. The largest absolute Gasteiger partial charge is 0.480 e. The molecule has 0 saturated carbocycles. The Labute approximate surface area is 219 Å². The number of ether oxygens (including phenoxy) is 2. The topological polar surface area (TPSA) is 109 Å². The van der Waals surface area contributed by atoms with Gasteiger partial charge in [-0.1, -0.05) is 31.2 Å². The van der Waals surface area contributed by atoms with Crippen molar-refractivity contribution in [1.29, 1.82) is 0 Å². The minimum atomic E-state index is -1.29. The van der Waals surface area contributed by atoms with Crippen LogP contribution in [0, 0.1) is 5.82 Å². The summed E-state index contributed by atoms with van der Waals surface area (Å²) >= 11 is 6.10. The highest BCUT2D eigenvalue weighted by atomic mass is 35.5. The summed E-state index contributed by atoms with van der Waals surface area (Å²) in [5.41, 5.74) is 1.49. The van der Waals surface area contributed by atoms with Gasteiger partial charge in [0.2, 0.25) is 11.8 Å². The molecule has 1 unspecified atom stereocenters. The number of hydrogen-bond acceptors (Lipinski definition) is 8. The number of aromatic nitrogens is 6. The summed E-state index contributed by atoms with van der Waals surface area (Å²) in [6, 6.07) is 4.92. The molecular formula is C24H29ClFN7O3Si. The quantitative estimate of drug-likeness (QED) is 0.222. The maximum absolute atomic E-state index is 13.6. The number of fused-ring (bicyclic) bond motifs is 1. The lowest BCUT2D eigenvalue weighted by Crippen LogP contribution is -2.29. The molecule has 0 radical (unpaired) electrons. The van der Waals surface area contributed by atoms with E-state index in [9.17, 15) is 9.18 Å². The van der Waals surface area contributed by atoms with Crippen LogP contribution in [0.4, 0.5) is 16.0 Å². The molecule has 0 aliphatic rings. The van der Waals surface area contributed by atoms with Gasteiger partial charge in [-0.25, -0.2) is 19.2 Å². The fourth-order valence-electron chi connectivity index (χ4n) is 3.69. The zero-order chi connectivity index (χ0) is 26.7. The van der Waals surface area contributed by atoms with Crippen LogP contribution in [0.15, 0.2) is 41.6 Å². The van der Waals surface area contributed by atoms with E-state index < -0.39 is 19.9 Å². The number of anilines is 2. The predicted octanol–water partition coefficient (Wildman–Crippen LogP) is 4.85. The Balaban J connectivity index is 1.76. The Morgan fingerprint density at radius 2 is 1.95 bits per heavy atom. The maximum Gasteiger partial charge on any atom is 0.332 e. The molecule has 196 valence electrons. The fraction of sp³-hybridized carbons (Fsp3) is 0.375. The molecule has 0 aromatic carbocycles. The lowest BCUT2D eigenvalue weighted by atomic mass is 10.2. The second-order valence-corrected chi connectivity index (χ2v) is 15.8. The van der Waals surface area contributed by atoms with Gasteiger partial charge >= 0.3 is 5.69 Å². The standard InChI is InChI=1S/C24H29ClFN7O3Si/c1-15(18-7-6-17(26)12-27-18)33-21-20(32(24(33)34)14-36-8-9-37(3,4)5)13-29-23(31-21)30-19-10-16(25)11-28-22(19)35-2/h6-7,10-13,15H,8-9,14H2,1-5H3,(H,29,30,31). The van der Waals surface area contributed by atoms with E-state index in [1.165, 1.54) is 28.5 Å². The minimum Gasteiger partial charge on any atom is -0.480 e. The van der Waals surface area contributed by atoms with Gasteiger partial charge in [0.05, 0.1) is 36.3 Å². The molecule has 4 aromatic heterocycles. The number of nitrogens with one attached hydrogen (secondary N) is 1. The minimum absolute atomic E-state index is 0.0541. The van der Waals surface area contributed by atoms with Gasteiger partial charge in [-0.3, -0.25) is 14.1 Å². The molecule has 0 aliphatic carbocycles. The number of hydrogen-bond donors (Lipinski definition) is 1. The van der Waals surface area contributed by atoms with E-state index in [4.69, 9.17) is 21.1 Å². The highest BCUT2D eigenvalue weighted by molar-refractivity contribution is 6.76. The number of nitrogens with zero attached hydrogens (tertiary/aromatic N) is 6. The first-order valence-corrected chi connectivity index (χ1v) is 15.8. The third kappa shape index (κ3) is 6.14. The zero-order valence-electron chi connectivity index (χ0n) is 21.3. The second-order valence-electron chi connectivity index (χ2n) is 9.74. The predicted molar refractivity (Wildman–Crippen MR) is 143 cm³/mol. The Hall–Kier alpha value is -3.35. The zero-order valence-corrected chi connectivity index (χ0v) is 23.1. The Kier molecular flexibility index (Phi) is 7.90. The van der Waals surface area contributed by atoms with Gasteiger partial charge in [0.15, 0.2) is 5.65 Å². The molecule has 37 heavy (non-hydrogen) atoms. The molecule has 0 saturated heterocycles. The SMILES string of the molecule is COc1ncc(Cl)cc1Nc1ncc2c(n1)n(C(C)c1ccc(F)cn1)c(=O)n2COCC[Si](C)(C)C. The van der Waals surface area contributed by atoms with Crippen LogP contribution in [0.3, 0.4) is 0 Å². The highest BCUT2D eigenvalue weighted by Gasteiger charge is 2.23. The van der Waals surface area contributed by atoms with Gasteiger partial charge < -0.3 is 14.8 Å². The summed E-state index contributed by atoms with van der Waals surface area (Å²) in [5.74, 6) is 0.0573. The van der Waals surface area contributed by atoms with Gasteiger partial charge in [-0.2, -0.15) is 4.98 Å². The Bertz CT molecular complexity index is 1450. The molecule has 10 nitrogen and oxygen atoms in total. The van der Waals surface area contributed by atoms with E-state index in [-0.39, 0.29) is 18.4 Å². The van der Waals surface area contributed by atoms with Gasteiger partial charge in [-0.05, 0) is 31.2 Å². The summed E-state index contributed by atoms with van der Waals surface area (Å²) in [6.07, 6.45) is 4.14. The molecule has 13 heteroatoms. The van der Waals surface area contributed by atoms with Crippen LogP contribution in [-0.4, -0.2) is 50.9 Å². The van der Waals surface area contributed by atoms with Crippen molar-refractivity contribution in [2.24, 2.45) is 0 Å². The van der Waals surface area contributed by atoms with Crippen molar-refractivity contribution in [1.82, 2.24) is 29.1 Å². The van der Waals surface area contributed by atoms with Crippen LogP contribution < -0.4 is 15.7 Å². The molecule has 0 aliphatic heterocycles. The molecule has 0 bridgehead atoms. The first-order chi connectivity index (χ1) is 17.6. The molecule has 4 heterocycles. The third-order valence-corrected chi connectivity index (χ3v) is 7.66. The molecule has 0 amide bonds. The summed E-state index contributed by atoms with van der Waals surface area (Å²) in [7, 11) is 0.194. The van der Waals surface area contributed by atoms with E-state index in [0.717, 1.165) is 12.2 Å². The van der Waals surface area contributed by atoms with Gasteiger partial charge in [0.25, 0.3) is 0 Å². The van der Waals surface area contributed by atoms with Crippen LogP contribution in [0.25, 0.3) is 11.2 Å². The van der Waals surface area contributed by atoms with Crippen molar-refractivity contribution in [3.63, 3.8) is 0 Å². The first-order valence-electron chi connectivity index (χ1n) is 11.7. The average Bonchev–Trinajstić information content (AvgIpc) is 3.12. The number of methoxy groups -OCH3 is 1. The highest BCUT2D eigenvalue weighted by Crippen LogP contribution is 2.28. The van der Waals surface area contributed by atoms with E-state index in [1.54, 1.807) is 25.3 Å². The van der Waals surface area contributed by atoms with Gasteiger partial charge in [0.1, 0.15) is 23.8 Å². The van der Waals surface area contributed by atoms with Crippen LogP contribution in [0.1, 0.15) is 18.7 Å². The maximum atomic E-state index is 13.6. The molecule has 4 rings (SSSR count). The van der Waals surface area contributed by atoms with Crippen LogP contribution >= 0.6 is 11.6 Å². The van der Waals surface area contributed by atoms with Crippen molar-refractivity contribution in [3.05, 3.63) is 63.8 Å². The van der Waals surface area contributed by atoms with Crippen molar-refractivity contribution in [2.75, 3.05) is 19.0 Å². The lowest BCUT2D eigenvalue weighted by molar-refractivity contribution is 0.0870. The molecule has 4 aromatic rings. The van der Waals surface area contributed by atoms with Crippen LogP contribution in [0.2, 0.25) is 30.7 Å². The van der Waals surface area contributed by atoms with Crippen molar-refractivity contribution >= 4 is 42.5 Å². The van der Waals surface area contributed by atoms with Crippen molar-refractivity contribution in [2.45, 2.75) is 45.4 Å². The molecule has 0 fully saturated rings. The first kappa shape index (κ1) is 26.7. The Morgan fingerprint density at radius 1 is 1.16 bits per heavy atom. The summed E-state index contributed by atoms with van der Waals surface area (Å²) in [6.45, 7) is 9.19. The average molecular weight is 546 g/mol. The fourth-order valence-corrected chi connectivity index (χ4v) is 4.61. The van der Waals surface area contributed by atoms with Gasteiger partial charge in [-0.15, -0.1) is 0 Å². The van der Waals surface area contributed by atoms with E-state index in [2.05, 4.69) is 44.9 Å². The van der Waals surface area contributed by atoms with Crippen LogP contribution in [-0.2, 0) is 11.5 Å². The monoisotopic (exact) mass is 545 g/mol. The summed E-state index contributed by atoms with van der Waals surface area (Å²) in [4.78, 5) is 30.9. The third-order valence-electron chi connectivity index (χ3n) is 5.75. The molecule has 1 atom stereocenters. The van der Waals surface area contributed by atoms with Gasteiger partial charge in [0, 0.05) is 20.9 Å². The number of pyridine rings is 2.